The molecule has 1 aromatic carbocycles. The van der Waals surface area contributed by atoms with Crippen molar-refractivity contribution in [3.63, 3.8) is 0 Å². The largest absolute Gasteiger partial charge is 0.457 e. The monoisotopic (exact) mass is 375 g/mol. The van der Waals surface area contributed by atoms with Crippen LogP contribution in [0, 0.1) is 18.3 Å². The first-order valence-electron chi connectivity index (χ1n) is 8.13. The summed E-state index contributed by atoms with van der Waals surface area (Å²) in [6, 6.07) is 14.6. The molecule has 3 heterocycles. The van der Waals surface area contributed by atoms with Gasteiger partial charge in [-0.15, -0.1) is 11.3 Å². The molecule has 6 nitrogen and oxygen atoms in total. The molecule has 0 N–H and O–H groups in total. The van der Waals surface area contributed by atoms with Gasteiger partial charge in [-0.3, -0.25) is 0 Å². The third kappa shape index (κ3) is 3.30. The van der Waals surface area contributed by atoms with Crippen LogP contribution < -0.4 is 0 Å². The number of carbonyl (C=O) groups excluding carboxylic acids is 1. The number of thiophene rings is 1. The summed E-state index contributed by atoms with van der Waals surface area (Å²) in [5.41, 5.74) is 3.13. The number of aromatic nitrogens is 2. The number of fused-ring (bicyclic) bond motifs is 1. The summed E-state index contributed by atoms with van der Waals surface area (Å²) < 4.78 is 10.7. The van der Waals surface area contributed by atoms with Crippen LogP contribution in [0.5, 0.6) is 0 Å². The highest BCUT2D eigenvalue weighted by Gasteiger charge is 2.20. The van der Waals surface area contributed by atoms with Crippen molar-refractivity contribution in [2.45, 2.75) is 13.5 Å². The van der Waals surface area contributed by atoms with E-state index in [4.69, 9.17) is 14.5 Å². The van der Waals surface area contributed by atoms with Crippen LogP contribution in [0.1, 0.15) is 27.2 Å². The first-order chi connectivity index (χ1) is 13.2. The van der Waals surface area contributed by atoms with Gasteiger partial charge in [-0.2, -0.15) is 5.26 Å². The molecule has 0 fully saturated rings. The topological polar surface area (TPSA) is 89.0 Å². The Morgan fingerprint density at radius 1 is 1.30 bits per heavy atom. The number of nitriles is 1. The van der Waals surface area contributed by atoms with Gasteiger partial charge in [-0.1, -0.05) is 23.4 Å². The van der Waals surface area contributed by atoms with Crippen LogP contribution in [0.4, 0.5) is 0 Å². The lowest BCUT2D eigenvalue weighted by Crippen LogP contribution is -2.07. The van der Waals surface area contributed by atoms with Gasteiger partial charge in [0.25, 0.3) is 5.71 Å². The molecule has 0 unspecified atom stereocenters. The van der Waals surface area contributed by atoms with Crippen molar-refractivity contribution in [2.24, 2.45) is 0 Å². The molecule has 0 atom stereocenters. The number of rotatable bonds is 4. The van der Waals surface area contributed by atoms with E-state index in [9.17, 15) is 4.79 Å². The molecule has 4 aromatic rings. The molecule has 27 heavy (non-hydrogen) atoms. The lowest BCUT2D eigenvalue weighted by molar-refractivity contribution is 0.0475. The maximum absolute atomic E-state index is 12.8. The number of hydrogen-bond acceptors (Lipinski definition) is 7. The summed E-state index contributed by atoms with van der Waals surface area (Å²) in [5, 5.41) is 15.4. The standard InChI is InChI=1S/C20H13N3O3S/c1-12-18-15(20(24)25-11-14-5-2-4-13(8-14)10-21)9-16(17-6-3-7-27-17)22-19(18)26-23-12/h2-9H,11H2,1H3. The van der Waals surface area contributed by atoms with Crippen molar-refractivity contribution < 1.29 is 14.1 Å². The van der Waals surface area contributed by atoms with Crippen molar-refractivity contribution in [3.05, 3.63) is 70.2 Å². The molecule has 132 valence electrons. The molecule has 3 aromatic heterocycles. The van der Waals surface area contributed by atoms with Crippen LogP contribution in [-0.4, -0.2) is 16.1 Å². The molecular formula is C20H13N3O3S. The van der Waals surface area contributed by atoms with Crippen LogP contribution in [0.25, 0.3) is 21.7 Å². The van der Waals surface area contributed by atoms with Crippen LogP contribution in [0.15, 0.2) is 52.4 Å². The maximum atomic E-state index is 12.8. The number of benzene rings is 1. The van der Waals surface area contributed by atoms with Gasteiger partial charge in [0, 0.05) is 0 Å². The lowest BCUT2D eigenvalue weighted by Gasteiger charge is -2.07. The molecule has 7 heteroatoms. The average molecular weight is 375 g/mol. The Morgan fingerprint density at radius 3 is 2.96 bits per heavy atom. The van der Waals surface area contributed by atoms with E-state index < -0.39 is 5.97 Å². The predicted octanol–water partition coefficient (Wildman–Crippen LogP) is 4.49. The highest BCUT2D eigenvalue weighted by atomic mass is 32.1. The van der Waals surface area contributed by atoms with E-state index in [1.807, 2.05) is 17.5 Å². The Balaban J connectivity index is 1.68. The summed E-state index contributed by atoms with van der Waals surface area (Å²) in [5.74, 6) is -0.492. The first kappa shape index (κ1) is 16.9. The van der Waals surface area contributed by atoms with Gasteiger partial charge in [0.2, 0.25) is 0 Å². The van der Waals surface area contributed by atoms with Crippen LogP contribution in [0.3, 0.4) is 0 Å². The second-order valence-corrected chi connectivity index (χ2v) is 6.82. The van der Waals surface area contributed by atoms with Gasteiger partial charge >= 0.3 is 5.97 Å². The highest BCUT2D eigenvalue weighted by molar-refractivity contribution is 7.13. The van der Waals surface area contributed by atoms with E-state index in [0.717, 1.165) is 10.4 Å². The summed E-state index contributed by atoms with van der Waals surface area (Å²) >= 11 is 1.52. The lowest BCUT2D eigenvalue weighted by atomic mass is 10.1. The average Bonchev–Trinajstić information content (AvgIpc) is 3.36. The second-order valence-electron chi connectivity index (χ2n) is 5.87. The van der Waals surface area contributed by atoms with Crippen molar-refractivity contribution >= 4 is 28.4 Å². The fourth-order valence-corrected chi connectivity index (χ4v) is 3.45. The Morgan fingerprint density at radius 2 is 2.19 bits per heavy atom. The maximum Gasteiger partial charge on any atom is 0.339 e. The quantitative estimate of drug-likeness (QED) is 0.488. The van der Waals surface area contributed by atoms with E-state index in [-0.39, 0.29) is 6.61 Å². The number of carbonyl (C=O) groups is 1. The normalized spacial score (nSPS) is 10.7. The smallest absolute Gasteiger partial charge is 0.339 e. The van der Waals surface area contributed by atoms with Crippen molar-refractivity contribution in [1.82, 2.24) is 10.1 Å². The highest BCUT2D eigenvalue weighted by Crippen LogP contribution is 2.29. The summed E-state index contributed by atoms with van der Waals surface area (Å²) in [7, 11) is 0. The number of hydrogen-bond donors (Lipinski definition) is 0. The van der Waals surface area contributed by atoms with Crippen molar-refractivity contribution in [1.29, 1.82) is 5.26 Å². The SMILES string of the molecule is Cc1noc2nc(-c3cccs3)cc(C(=O)OCc3cccc(C#N)c3)c12. The molecule has 4 rings (SSSR count). The molecule has 0 saturated carbocycles. The zero-order valence-corrected chi connectivity index (χ0v) is 15.1. The van der Waals surface area contributed by atoms with Crippen molar-refractivity contribution in [3.8, 4) is 16.6 Å². The minimum absolute atomic E-state index is 0.0663. The van der Waals surface area contributed by atoms with Crippen LogP contribution in [0.2, 0.25) is 0 Å². The number of nitrogens with zero attached hydrogens (tertiary/aromatic N) is 3. The van der Waals surface area contributed by atoms with Gasteiger partial charge in [0.1, 0.15) is 6.61 Å². The van der Waals surface area contributed by atoms with Gasteiger partial charge in [0.15, 0.2) is 0 Å². The second kappa shape index (κ2) is 7.02. The van der Waals surface area contributed by atoms with Gasteiger partial charge in [-0.05, 0) is 42.1 Å². The summed E-state index contributed by atoms with van der Waals surface area (Å²) in [4.78, 5) is 18.2. The van der Waals surface area contributed by atoms with Gasteiger partial charge < -0.3 is 9.26 Å². The Bertz CT molecular complexity index is 1170. The van der Waals surface area contributed by atoms with E-state index in [1.54, 1.807) is 37.3 Å². The fraction of sp³-hybridized carbons (Fsp3) is 0.100. The zero-order valence-electron chi connectivity index (χ0n) is 14.3. The Kier molecular flexibility index (Phi) is 4.40. The third-order valence-electron chi connectivity index (χ3n) is 4.04. The third-order valence-corrected chi connectivity index (χ3v) is 4.93. The van der Waals surface area contributed by atoms with Crippen LogP contribution in [-0.2, 0) is 11.3 Å². The van der Waals surface area contributed by atoms with E-state index in [1.165, 1.54) is 11.3 Å². The predicted molar refractivity (Wildman–Crippen MR) is 100 cm³/mol. The molecule has 0 bridgehead atoms. The fourth-order valence-electron chi connectivity index (χ4n) is 2.76. The molecule has 0 aliphatic rings. The minimum atomic E-state index is -0.492. The summed E-state index contributed by atoms with van der Waals surface area (Å²) in [6.45, 7) is 1.82. The van der Waals surface area contributed by atoms with Gasteiger partial charge in [0.05, 0.1) is 38.8 Å². The Hall–Kier alpha value is -3.50. The first-order valence-corrected chi connectivity index (χ1v) is 9.01. The summed E-state index contributed by atoms with van der Waals surface area (Å²) in [6.07, 6.45) is 0. The van der Waals surface area contributed by atoms with Gasteiger partial charge in [-0.25, -0.2) is 9.78 Å². The zero-order chi connectivity index (χ0) is 18.8. The molecular weight excluding hydrogens is 362 g/mol. The Labute approximate surface area is 158 Å². The van der Waals surface area contributed by atoms with E-state index >= 15 is 0 Å². The molecule has 0 radical (unpaired) electrons. The minimum Gasteiger partial charge on any atom is -0.457 e. The molecule has 0 spiro atoms. The number of esters is 1. The van der Waals surface area contributed by atoms with E-state index in [2.05, 4.69) is 16.2 Å². The van der Waals surface area contributed by atoms with Crippen LogP contribution >= 0.6 is 11.3 Å². The number of aryl methyl sites for hydroxylation is 1. The number of pyridine rings is 1. The molecule has 0 aliphatic carbocycles. The molecule has 0 amide bonds. The molecule has 0 saturated heterocycles. The number of ether oxygens (including phenoxy) is 1. The van der Waals surface area contributed by atoms with Crippen molar-refractivity contribution in [2.75, 3.05) is 0 Å². The van der Waals surface area contributed by atoms with E-state index in [0.29, 0.717) is 33.6 Å². The molecule has 0 aliphatic heterocycles.